The van der Waals surface area contributed by atoms with E-state index < -0.39 is 62.8 Å². The summed E-state index contributed by atoms with van der Waals surface area (Å²) in [6, 6.07) is 12.7. The summed E-state index contributed by atoms with van der Waals surface area (Å²) in [4.78, 5) is 53.0. The number of esters is 2. The highest BCUT2D eigenvalue weighted by Gasteiger charge is 2.52. The Hall–Kier alpha value is -3.58. The van der Waals surface area contributed by atoms with Crippen LogP contribution in [0.3, 0.4) is 0 Å². The zero-order chi connectivity index (χ0) is 37.9. The molecule has 15 nitrogen and oxygen atoms in total. The molecule has 0 bridgehead atoms. The molecule has 0 spiro atoms. The molecule has 0 heterocycles. The van der Waals surface area contributed by atoms with Crippen LogP contribution in [0.15, 0.2) is 54.6 Å². The summed E-state index contributed by atoms with van der Waals surface area (Å²) in [5.41, 5.74) is 1.77. The molecule has 0 saturated heterocycles. The van der Waals surface area contributed by atoms with Crippen molar-refractivity contribution in [3.05, 3.63) is 65.7 Å². The Morgan fingerprint density at radius 2 is 1.20 bits per heavy atom. The molecular formula is C34H51N3O12P2. The third kappa shape index (κ3) is 13.8. The van der Waals surface area contributed by atoms with Crippen molar-refractivity contribution >= 4 is 44.6 Å². The van der Waals surface area contributed by atoms with Crippen molar-refractivity contribution < 1.29 is 55.9 Å². The zero-order valence-corrected chi connectivity index (χ0v) is 31.9. The second-order valence-electron chi connectivity index (χ2n) is 10.8. The summed E-state index contributed by atoms with van der Waals surface area (Å²) >= 11 is 0. The number of carbonyl (C=O) groups excluding carboxylic acids is 4. The maximum Gasteiger partial charge on any atom is 0.345 e. The Labute approximate surface area is 299 Å². The van der Waals surface area contributed by atoms with Crippen LogP contribution >= 0.6 is 15.2 Å². The molecule has 2 rings (SSSR count). The Balaban J connectivity index is 2.35. The maximum absolute atomic E-state index is 14.1. The average Bonchev–Trinajstić information content (AvgIpc) is 3.11. The Bertz CT molecular complexity index is 1440. The molecule has 2 amide bonds. The van der Waals surface area contributed by atoms with Crippen LogP contribution in [-0.2, 0) is 57.7 Å². The van der Waals surface area contributed by atoms with E-state index in [1.807, 2.05) is 6.07 Å². The van der Waals surface area contributed by atoms with Crippen molar-refractivity contribution in [2.45, 2.75) is 78.0 Å². The Kier molecular flexibility index (Phi) is 19.1. The lowest BCUT2D eigenvalue weighted by Crippen LogP contribution is -2.46. The van der Waals surface area contributed by atoms with E-state index in [9.17, 15) is 28.3 Å². The fraction of sp³-hybridized carbons (Fsp3) is 0.529. The van der Waals surface area contributed by atoms with Gasteiger partial charge in [0.15, 0.2) is 5.40 Å². The number of carbonyl (C=O) groups is 4. The van der Waals surface area contributed by atoms with Crippen LogP contribution in [0.25, 0.3) is 0 Å². The van der Waals surface area contributed by atoms with Gasteiger partial charge in [0.25, 0.3) is 5.91 Å². The maximum atomic E-state index is 14.1. The standard InChI is InChI=1S/C34H51N3O12P2/c1-7-44-34(41)29(23-31(50(42,46-8-2)47-9-3)51(43,48-10-4)49-11-5)36-30(38)22-21-28(33(40)45-24-25-15-13-12-14-16-25)37-32(39)26-17-19-27(35-6)20-18-26/h12-20,28-29,31,35H,7-11,21-24H2,1-6H3,(H,36,38)(H,37,39). The first-order chi connectivity index (χ1) is 24.4. The largest absolute Gasteiger partial charge is 0.464 e. The first-order valence-electron chi connectivity index (χ1n) is 16.9. The van der Waals surface area contributed by atoms with E-state index in [4.69, 9.17) is 27.6 Å². The molecule has 0 radical (unpaired) electrons. The van der Waals surface area contributed by atoms with E-state index in [0.717, 1.165) is 11.3 Å². The normalized spacial score (nSPS) is 12.8. The van der Waals surface area contributed by atoms with Crippen LogP contribution in [0.2, 0.25) is 0 Å². The molecule has 0 aromatic heterocycles. The molecule has 0 aliphatic heterocycles. The van der Waals surface area contributed by atoms with E-state index in [-0.39, 0.29) is 58.0 Å². The minimum atomic E-state index is -4.28. The number of amides is 2. The first-order valence-corrected chi connectivity index (χ1v) is 20.1. The number of rotatable bonds is 24. The summed E-state index contributed by atoms with van der Waals surface area (Å²) < 4.78 is 60.9. The molecule has 284 valence electrons. The minimum absolute atomic E-state index is 0.0598. The van der Waals surface area contributed by atoms with Crippen LogP contribution in [-0.4, -0.2) is 81.3 Å². The van der Waals surface area contributed by atoms with Crippen LogP contribution < -0.4 is 16.0 Å². The molecule has 2 atom stereocenters. The smallest absolute Gasteiger partial charge is 0.345 e. The molecule has 0 aliphatic carbocycles. The van der Waals surface area contributed by atoms with Crippen molar-refractivity contribution in [2.75, 3.05) is 45.4 Å². The molecule has 51 heavy (non-hydrogen) atoms. The van der Waals surface area contributed by atoms with Gasteiger partial charge in [-0.05, 0) is 70.9 Å². The molecule has 0 saturated carbocycles. The number of hydrogen-bond acceptors (Lipinski definition) is 13. The molecule has 0 fully saturated rings. The van der Waals surface area contributed by atoms with E-state index >= 15 is 0 Å². The molecule has 2 aromatic carbocycles. The van der Waals surface area contributed by atoms with Crippen molar-refractivity contribution in [1.82, 2.24) is 10.6 Å². The third-order valence-electron chi connectivity index (χ3n) is 7.23. The van der Waals surface area contributed by atoms with Gasteiger partial charge >= 0.3 is 27.1 Å². The van der Waals surface area contributed by atoms with E-state index in [1.54, 1.807) is 90.2 Å². The van der Waals surface area contributed by atoms with Crippen LogP contribution in [0, 0.1) is 0 Å². The van der Waals surface area contributed by atoms with Gasteiger partial charge in [0.2, 0.25) is 5.91 Å². The zero-order valence-electron chi connectivity index (χ0n) is 30.1. The van der Waals surface area contributed by atoms with Crippen molar-refractivity contribution in [2.24, 2.45) is 0 Å². The average molecular weight is 756 g/mol. The summed E-state index contributed by atoms with van der Waals surface area (Å²) in [5, 5.41) is 6.53. The highest BCUT2D eigenvalue weighted by molar-refractivity contribution is 7.72. The highest BCUT2D eigenvalue weighted by atomic mass is 31.2. The van der Waals surface area contributed by atoms with Gasteiger partial charge in [-0.15, -0.1) is 0 Å². The van der Waals surface area contributed by atoms with Crippen LogP contribution in [0.4, 0.5) is 5.69 Å². The van der Waals surface area contributed by atoms with E-state index in [1.165, 1.54) is 0 Å². The molecule has 2 aromatic rings. The summed E-state index contributed by atoms with van der Waals surface area (Å²) in [5.74, 6) is -2.99. The summed E-state index contributed by atoms with van der Waals surface area (Å²) in [7, 11) is -6.82. The Morgan fingerprint density at radius 3 is 1.69 bits per heavy atom. The SMILES string of the molecule is CCOC(=O)C(CC(P(=O)(OCC)OCC)P(=O)(OCC)OCC)NC(=O)CCC(NC(=O)c1ccc(NC)cc1)C(=O)OCc1ccccc1. The van der Waals surface area contributed by atoms with Gasteiger partial charge in [-0.25, -0.2) is 9.59 Å². The van der Waals surface area contributed by atoms with Crippen molar-refractivity contribution in [3.63, 3.8) is 0 Å². The van der Waals surface area contributed by atoms with Crippen LogP contribution in [0.1, 0.15) is 69.8 Å². The van der Waals surface area contributed by atoms with Gasteiger partial charge in [-0.3, -0.25) is 18.7 Å². The number of benzene rings is 2. The van der Waals surface area contributed by atoms with Gasteiger partial charge in [0.1, 0.15) is 18.7 Å². The fourth-order valence-electron chi connectivity index (χ4n) is 4.89. The molecule has 0 aliphatic rings. The lowest BCUT2D eigenvalue weighted by Gasteiger charge is -2.33. The first kappa shape index (κ1) is 43.6. The second kappa shape index (κ2) is 22.4. The van der Waals surface area contributed by atoms with Gasteiger partial charge in [-0.1, -0.05) is 30.3 Å². The highest BCUT2D eigenvalue weighted by Crippen LogP contribution is 2.71. The predicted octanol–water partition coefficient (Wildman–Crippen LogP) is 5.65. The summed E-state index contributed by atoms with van der Waals surface area (Å²) in [6.45, 7) is 7.35. The number of nitrogens with one attached hydrogen (secondary N) is 3. The topological polar surface area (TPSA) is 194 Å². The number of ether oxygens (including phenoxy) is 2. The monoisotopic (exact) mass is 755 g/mol. The van der Waals surface area contributed by atoms with Crippen LogP contribution in [0.5, 0.6) is 0 Å². The number of anilines is 1. The fourth-order valence-corrected chi connectivity index (χ4v) is 10.3. The van der Waals surface area contributed by atoms with E-state index in [2.05, 4.69) is 16.0 Å². The minimum Gasteiger partial charge on any atom is -0.464 e. The predicted molar refractivity (Wildman–Crippen MR) is 191 cm³/mol. The van der Waals surface area contributed by atoms with Crippen molar-refractivity contribution in [1.29, 1.82) is 0 Å². The molecule has 3 N–H and O–H groups in total. The number of hydrogen-bond donors (Lipinski definition) is 3. The molecule has 17 heteroatoms. The lowest BCUT2D eigenvalue weighted by molar-refractivity contribution is -0.149. The van der Waals surface area contributed by atoms with Gasteiger partial charge < -0.3 is 43.5 Å². The third-order valence-corrected chi connectivity index (χ3v) is 13.3. The lowest BCUT2D eigenvalue weighted by atomic mass is 10.1. The van der Waals surface area contributed by atoms with Gasteiger partial charge in [0.05, 0.1) is 33.0 Å². The van der Waals surface area contributed by atoms with Gasteiger partial charge in [0, 0.05) is 31.1 Å². The van der Waals surface area contributed by atoms with E-state index in [0.29, 0.717) is 0 Å². The molecule has 2 unspecified atom stereocenters. The second-order valence-corrected chi connectivity index (χ2v) is 15.7. The van der Waals surface area contributed by atoms with Crippen molar-refractivity contribution in [3.8, 4) is 0 Å². The quantitative estimate of drug-likeness (QED) is 0.0880. The van der Waals surface area contributed by atoms with Gasteiger partial charge in [-0.2, -0.15) is 0 Å². The Morgan fingerprint density at radius 1 is 0.667 bits per heavy atom. The summed E-state index contributed by atoms with van der Waals surface area (Å²) in [6.07, 6.45) is -1.14. The molecular weight excluding hydrogens is 704 g/mol.